The van der Waals surface area contributed by atoms with Crippen LogP contribution in [0.15, 0.2) is 53.3 Å². The smallest absolute Gasteiger partial charge is 0.253 e. The second kappa shape index (κ2) is 5.78. The van der Waals surface area contributed by atoms with Crippen molar-refractivity contribution in [2.24, 2.45) is 0 Å². The normalized spacial score (nSPS) is 10.1. The van der Waals surface area contributed by atoms with E-state index in [9.17, 15) is 4.79 Å². The van der Waals surface area contributed by atoms with Crippen molar-refractivity contribution in [3.8, 4) is 0 Å². The van der Waals surface area contributed by atoms with Crippen LogP contribution < -0.4 is 0 Å². The second-order valence-corrected chi connectivity index (χ2v) is 4.95. The summed E-state index contributed by atoms with van der Waals surface area (Å²) in [5.41, 5.74) is 1.69. The number of aromatic nitrogens is 1. The lowest BCUT2D eigenvalue weighted by Crippen LogP contribution is -2.26. The number of benzene rings is 1. The first-order valence-electron chi connectivity index (χ1n) is 5.57. The molecule has 0 aliphatic heterocycles. The third-order valence-corrected chi connectivity index (χ3v) is 2.98. The van der Waals surface area contributed by atoms with Crippen LogP contribution in [0.3, 0.4) is 0 Å². The second-order valence-electron chi connectivity index (χ2n) is 4.04. The molecule has 2 rings (SSSR count). The van der Waals surface area contributed by atoms with Gasteiger partial charge >= 0.3 is 0 Å². The van der Waals surface area contributed by atoms with Gasteiger partial charge in [0.05, 0.1) is 0 Å². The van der Waals surface area contributed by atoms with Crippen LogP contribution in [0.1, 0.15) is 15.9 Å². The number of carbonyl (C=O) groups is 1. The quantitative estimate of drug-likeness (QED) is 0.873. The van der Waals surface area contributed by atoms with Gasteiger partial charge < -0.3 is 4.90 Å². The maximum atomic E-state index is 12.1. The molecule has 0 unspecified atom stereocenters. The van der Waals surface area contributed by atoms with E-state index in [0.29, 0.717) is 12.1 Å². The van der Waals surface area contributed by atoms with Crippen molar-refractivity contribution >= 4 is 21.8 Å². The summed E-state index contributed by atoms with van der Waals surface area (Å²) >= 11 is 3.37. The summed E-state index contributed by atoms with van der Waals surface area (Å²) in [6, 6.07) is 11.2. The Morgan fingerprint density at radius 1 is 1.28 bits per heavy atom. The van der Waals surface area contributed by atoms with Gasteiger partial charge in [0.25, 0.3) is 5.91 Å². The first-order chi connectivity index (χ1) is 8.66. The summed E-state index contributed by atoms with van der Waals surface area (Å²) in [5, 5.41) is 0. The Kier molecular flexibility index (Phi) is 4.10. The van der Waals surface area contributed by atoms with Gasteiger partial charge in [-0.25, -0.2) is 0 Å². The first kappa shape index (κ1) is 12.8. The molecule has 0 saturated carbocycles. The van der Waals surface area contributed by atoms with E-state index in [1.165, 1.54) is 0 Å². The summed E-state index contributed by atoms with van der Waals surface area (Å²) in [6.07, 6.45) is 3.49. The van der Waals surface area contributed by atoms with Gasteiger partial charge in [0.2, 0.25) is 0 Å². The fraction of sp³-hybridized carbons (Fsp3) is 0.143. The Labute approximate surface area is 115 Å². The van der Waals surface area contributed by atoms with Crippen LogP contribution in [-0.4, -0.2) is 22.8 Å². The summed E-state index contributed by atoms with van der Waals surface area (Å²) in [4.78, 5) is 17.9. The Morgan fingerprint density at radius 3 is 2.67 bits per heavy atom. The standard InChI is InChI=1S/C14H13BrN2O/c1-17(10-11-7-13(15)9-16-8-11)14(18)12-5-3-2-4-6-12/h2-9H,10H2,1H3. The van der Waals surface area contributed by atoms with Gasteiger partial charge in [-0.3, -0.25) is 9.78 Å². The predicted octanol–water partition coefficient (Wildman–Crippen LogP) is 3.12. The minimum absolute atomic E-state index is 0.00979. The largest absolute Gasteiger partial charge is 0.337 e. The zero-order chi connectivity index (χ0) is 13.0. The van der Waals surface area contributed by atoms with E-state index in [4.69, 9.17) is 0 Å². The molecule has 0 aliphatic rings. The van der Waals surface area contributed by atoms with Crippen molar-refractivity contribution in [3.05, 3.63) is 64.4 Å². The summed E-state index contributed by atoms with van der Waals surface area (Å²) in [6.45, 7) is 0.542. The Hall–Kier alpha value is -1.68. The van der Waals surface area contributed by atoms with Crippen molar-refractivity contribution in [1.82, 2.24) is 9.88 Å². The number of hydrogen-bond acceptors (Lipinski definition) is 2. The lowest BCUT2D eigenvalue weighted by molar-refractivity contribution is 0.0785. The number of rotatable bonds is 3. The molecular formula is C14H13BrN2O. The fourth-order valence-electron chi connectivity index (χ4n) is 1.69. The molecule has 4 heteroatoms. The van der Waals surface area contributed by atoms with Crippen molar-refractivity contribution in [1.29, 1.82) is 0 Å². The van der Waals surface area contributed by atoms with E-state index in [1.54, 1.807) is 24.3 Å². The van der Waals surface area contributed by atoms with E-state index in [2.05, 4.69) is 20.9 Å². The van der Waals surface area contributed by atoms with Crippen molar-refractivity contribution in [2.75, 3.05) is 7.05 Å². The molecule has 1 heterocycles. The van der Waals surface area contributed by atoms with Gasteiger partial charge in [0, 0.05) is 36.0 Å². The first-order valence-corrected chi connectivity index (χ1v) is 6.36. The van der Waals surface area contributed by atoms with Gasteiger partial charge in [-0.15, -0.1) is 0 Å². The van der Waals surface area contributed by atoms with E-state index in [0.717, 1.165) is 10.0 Å². The lowest BCUT2D eigenvalue weighted by Gasteiger charge is -2.17. The summed E-state index contributed by atoms with van der Waals surface area (Å²) < 4.78 is 0.917. The van der Waals surface area contributed by atoms with Crippen LogP contribution in [0.25, 0.3) is 0 Å². The zero-order valence-electron chi connectivity index (χ0n) is 10.0. The van der Waals surface area contributed by atoms with E-state index in [1.807, 2.05) is 36.4 Å². The molecule has 0 N–H and O–H groups in total. The maximum Gasteiger partial charge on any atom is 0.253 e. The molecule has 0 atom stereocenters. The number of pyridine rings is 1. The van der Waals surface area contributed by atoms with Gasteiger partial charge in [-0.2, -0.15) is 0 Å². The van der Waals surface area contributed by atoms with Crippen LogP contribution in [0, 0.1) is 0 Å². The molecule has 92 valence electrons. The molecular weight excluding hydrogens is 292 g/mol. The Morgan fingerprint density at radius 2 is 2.00 bits per heavy atom. The van der Waals surface area contributed by atoms with E-state index < -0.39 is 0 Å². The average molecular weight is 305 g/mol. The highest BCUT2D eigenvalue weighted by atomic mass is 79.9. The summed E-state index contributed by atoms with van der Waals surface area (Å²) in [5.74, 6) is 0.00979. The highest BCUT2D eigenvalue weighted by Gasteiger charge is 2.11. The summed E-state index contributed by atoms with van der Waals surface area (Å²) in [7, 11) is 1.79. The molecule has 0 fully saturated rings. The average Bonchev–Trinajstić information content (AvgIpc) is 2.39. The van der Waals surface area contributed by atoms with Crippen molar-refractivity contribution in [2.45, 2.75) is 6.54 Å². The molecule has 0 radical (unpaired) electrons. The number of halogens is 1. The van der Waals surface area contributed by atoms with Crippen molar-refractivity contribution < 1.29 is 4.79 Å². The molecule has 1 aromatic heterocycles. The Balaban J connectivity index is 2.09. The maximum absolute atomic E-state index is 12.1. The van der Waals surface area contributed by atoms with Crippen LogP contribution in [-0.2, 0) is 6.54 Å². The third kappa shape index (κ3) is 3.17. The Bertz CT molecular complexity index is 543. The topological polar surface area (TPSA) is 33.2 Å². The molecule has 18 heavy (non-hydrogen) atoms. The zero-order valence-corrected chi connectivity index (χ0v) is 11.6. The van der Waals surface area contributed by atoms with Crippen LogP contribution in [0.2, 0.25) is 0 Å². The molecule has 1 amide bonds. The van der Waals surface area contributed by atoms with Crippen LogP contribution in [0.4, 0.5) is 0 Å². The lowest BCUT2D eigenvalue weighted by atomic mass is 10.2. The third-order valence-electron chi connectivity index (χ3n) is 2.55. The highest BCUT2D eigenvalue weighted by Crippen LogP contribution is 2.12. The molecule has 2 aromatic rings. The molecule has 0 spiro atoms. The number of amides is 1. The molecule has 0 aliphatic carbocycles. The highest BCUT2D eigenvalue weighted by molar-refractivity contribution is 9.10. The van der Waals surface area contributed by atoms with Crippen LogP contribution in [0.5, 0.6) is 0 Å². The number of hydrogen-bond donors (Lipinski definition) is 0. The van der Waals surface area contributed by atoms with Crippen LogP contribution >= 0.6 is 15.9 Å². The minimum Gasteiger partial charge on any atom is -0.337 e. The van der Waals surface area contributed by atoms with Gasteiger partial charge in [0.1, 0.15) is 0 Å². The minimum atomic E-state index is 0.00979. The predicted molar refractivity (Wildman–Crippen MR) is 74.2 cm³/mol. The van der Waals surface area contributed by atoms with Gasteiger partial charge in [0.15, 0.2) is 0 Å². The van der Waals surface area contributed by atoms with Crippen molar-refractivity contribution in [3.63, 3.8) is 0 Å². The SMILES string of the molecule is CN(Cc1cncc(Br)c1)C(=O)c1ccccc1. The van der Waals surface area contributed by atoms with Gasteiger partial charge in [-0.05, 0) is 39.7 Å². The van der Waals surface area contributed by atoms with Gasteiger partial charge in [-0.1, -0.05) is 18.2 Å². The fourth-order valence-corrected chi connectivity index (χ4v) is 2.10. The molecule has 3 nitrogen and oxygen atoms in total. The molecule has 0 bridgehead atoms. The monoisotopic (exact) mass is 304 g/mol. The number of nitrogens with zero attached hydrogens (tertiary/aromatic N) is 2. The number of carbonyl (C=O) groups excluding carboxylic acids is 1. The van der Waals surface area contributed by atoms with E-state index in [-0.39, 0.29) is 5.91 Å². The molecule has 1 aromatic carbocycles. The van der Waals surface area contributed by atoms with E-state index >= 15 is 0 Å². The molecule has 0 saturated heterocycles.